The lowest BCUT2D eigenvalue weighted by atomic mass is 10.1. The van der Waals surface area contributed by atoms with Crippen LogP contribution in [0.25, 0.3) is 0 Å². The topological polar surface area (TPSA) is 65.5 Å². The molecular weight excluding hydrogens is 368 g/mol. The summed E-state index contributed by atoms with van der Waals surface area (Å²) in [6, 6.07) is 9.15. The Labute approximate surface area is 163 Å². The second-order valence-corrected chi connectivity index (χ2v) is 7.03. The molecule has 5 nitrogen and oxygen atoms in total. The molecule has 0 saturated heterocycles. The van der Waals surface area contributed by atoms with Gasteiger partial charge in [0.1, 0.15) is 0 Å². The Morgan fingerprint density at radius 2 is 1.96 bits per heavy atom. The first-order chi connectivity index (χ1) is 12.6. The van der Waals surface area contributed by atoms with Gasteiger partial charge >= 0.3 is 0 Å². The van der Waals surface area contributed by atoms with Crippen molar-refractivity contribution in [1.82, 2.24) is 16.0 Å². The number of nitrogens with one attached hydrogen (secondary N) is 3. The van der Waals surface area contributed by atoms with Crippen LogP contribution in [0.15, 0.2) is 46.1 Å². The van der Waals surface area contributed by atoms with E-state index in [9.17, 15) is 4.79 Å². The van der Waals surface area contributed by atoms with Crippen molar-refractivity contribution >= 4 is 34.8 Å². The lowest BCUT2D eigenvalue weighted by Gasteiger charge is -2.13. The fourth-order valence-electron chi connectivity index (χ4n) is 2.33. The second kappa shape index (κ2) is 10.8. The van der Waals surface area contributed by atoms with Crippen LogP contribution in [0.4, 0.5) is 0 Å². The third kappa shape index (κ3) is 6.35. The quantitative estimate of drug-likeness (QED) is 0.366. The third-order valence-electron chi connectivity index (χ3n) is 3.80. The molecule has 0 saturated carbocycles. The first-order valence-corrected chi connectivity index (χ1v) is 10.0. The van der Waals surface area contributed by atoms with Gasteiger partial charge in [-0.15, -0.1) is 0 Å². The van der Waals surface area contributed by atoms with Crippen LogP contribution in [-0.2, 0) is 0 Å². The SMILES string of the molecule is CCNC(=NCC(C)c1ccsc1)NCCNC(=O)c1ccccc1Cl. The van der Waals surface area contributed by atoms with E-state index in [4.69, 9.17) is 11.6 Å². The van der Waals surface area contributed by atoms with E-state index in [1.807, 2.05) is 6.92 Å². The van der Waals surface area contributed by atoms with Gasteiger partial charge in [0.15, 0.2) is 5.96 Å². The Bertz CT molecular complexity index is 718. The molecule has 140 valence electrons. The molecule has 0 spiro atoms. The van der Waals surface area contributed by atoms with Crippen LogP contribution in [0, 0.1) is 0 Å². The van der Waals surface area contributed by atoms with Crippen molar-refractivity contribution in [2.45, 2.75) is 19.8 Å². The number of thiophene rings is 1. The zero-order valence-corrected chi connectivity index (χ0v) is 16.7. The molecule has 7 heteroatoms. The number of benzene rings is 1. The van der Waals surface area contributed by atoms with Crippen LogP contribution in [-0.4, -0.2) is 38.0 Å². The molecule has 2 rings (SSSR count). The smallest absolute Gasteiger partial charge is 0.252 e. The molecule has 1 atom stereocenters. The van der Waals surface area contributed by atoms with E-state index in [2.05, 4.69) is 44.7 Å². The molecule has 0 fully saturated rings. The minimum absolute atomic E-state index is 0.176. The maximum absolute atomic E-state index is 12.1. The number of aliphatic imine (C=N–C) groups is 1. The monoisotopic (exact) mass is 392 g/mol. The first kappa shape index (κ1) is 20.3. The van der Waals surface area contributed by atoms with Gasteiger partial charge < -0.3 is 16.0 Å². The highest BCUT2D eigenvalue weighted by atomic mass is 35.5. The van der Waals surface area contributed by atoms with Gasteiger partial charge in [-0.1, -0.05) is 30.7 Å². The van der Waals surface area contributed by atoms with Crippen molar-refractivity contribution in [2.75, 3.05) is 26.2 Å². The standard InChI is InChI=1S/C19H25ClN4OS/c1-3-21-19(24-12-14(2)15-8-11-26-13-15)23-10-9-22-18(25)16-6-4-5-7-17(16)20/h4-8,11,13-14H,3,9-10,12H2,1-2H3,(H,22,25)(H2,21,23,24). The van der Waals surface area contributed by atoms with Gasteiger partial charge in [0, 0.05) is 32.1 Å². The highest BCUT2D eigenvalue weighted by Crippen LogP contribution is 2.18. The Morgan fingerprint density at radius 3 is 2.65 bits per heavy atom. The van der Waals surface area contributed by atoms with Gasteiger partial charge in [0.05, 0.1) is 10.6 Å². The summed E-state index contributed by atoms with van der Waals surface area (Å²) in [5.41, 5.74) is 1.79. The van der Waals surface area contributed by atoms with Crippen LogP contribution >= 0.6 is 22.9 Å². The normalized spacial score (nSPS) is 12.5. The summed E-state index contributed by atoms with van der Waals surface area (Å²) in [4.78, 5) is 16.7. The molecule has 26 heavy (non-hydrogen) atoms. The minimum Gasteiger partial charge on any atom is -0.357 e. The molecule has 0 radical (unpaired) electrons. The summed E-state index contributed by atoms with van der Waals surface area (Å²) in [6.45, 7) is 6.74. The van der Waals surface area contributed by atoms with Gasteiger partial charge in [-0.05, 0) is 41.4 Å². The number of hydrogen-bond donors (Lipinski definition) is 3. The molecule has 1 aromatic carbocycles. The molecule has 0 aliphatic rings. The van der Waals surface area contributed by atoms with E-state index in [1.54, 1.807) is 35.6 Å². The molecule has 1 aromatic heterocycles. The molecular formula is C19H25ClN4OS. The average molecular weight is 393 g/mol. The molecule has 1 amide bonds. The zero-order valence-electron chi connectivity index (χ0n) is 15.1. The highest BCUT2D eigenvalue weighted by molar-refractivity contribution is 7.07. The van der Waals surface area contributed by atoms with Crippen molar-refractivity contribution in [3.8, 4) is 0 Å². The van der Waals surface area contributed by atoms with Crippen molar-refractivity contribution in [3.05, 3.63) is 57.2 Å². The number of guanidine groups is 1. The maximum atomic E-state index is 12.1. The zero-order chi connectivity index (χ0) is 18.8. The van der Waals surface area contributed by atoms with E-state index >= 15 is 0 Å². The Hall–Kier alpha value is -2.05. The second-order valence-electron chi connectivity index (χ2n) is 5.84. The number of halogens is 1. The Kier molecular flexibility index (Phi) is 8.44. The summed E-state index contributed by atoms with van der Waals surface area (Å²) >= 11 is 7.73. The van der Waals surface area contributed by atoms with Gasteiger partial charge in [-0.2, -0.15) is 11.3 Å². The number of carbonyl (C=O) groups excluding carboxylic acids is 1. The van der Waals surface area contributed by atoms with E-state index in [-0.39, 0.29) is 5.91 Å². The largest absolute Gasteiger partial charge is 0.357 e. The van der Waals surface area contributed by atoms with Gasteiger partial charge in [-0.3, -0.25) is 9.79 Å². The summed E-state index contributed by atoms with van der Waals surface area (Å²) in [5, 5.41) is 14.0. The van der Waals surface area contributed by atoms with Gasteiger partial charge in [-0.25, -0.2) is 0 Å². The number of carbonyl (C=O) groups is 1. The summed E-state index contributed by atoms with van der Waals surface area (Å²) < 4.78 is 0. The molecule has 2 aromatic rings. The molecule has 3 N–H and O–H groups in total. The van der Waals surface area contributed by atoms with E-state index in [1.165, 1.54) is 5.56 Å². The van der Waals surface area contributed by atoms with Crippen LogP contribution in [0.5, 0.6) is 0 Å². The Morgan fingerprint density at radius 1 is 1.19 bits per heavy atom. The van der Waals surface area contributed by atoms with Crippen molar-refractivity contribution in [1.29, 1.82) is 0 Å². The average Bonchev–Trinajstić information content (AvgIpc) is 3.18. The third-order valence-corrected chi connectivity index (χ3v) is 4.83. The van der Waals surface area contributed by atoms with Crippen molar-refractivity contribution in [2.24, 2.45) is 4.99 Å². The number of amides is 1. The Balaban J connectivity index is 1.78. The summed E-state index contributed by atoms with van der Waals surface area (Å²) in [6.07, 6.45) is 0. The van der Waals surface area contributed by atoms with Crippen LogP contribution in [0.1, 0.15) is 35.7 Å². The van der Waals surface area contributed by atoms with E-state index in [0.29, 0.717) is 36.1 Å². The summed E-state index contributed by atoms with van der Waals surface area (Å²) in [7, 11) is 0. The number of rotatable bonds is 8. The lowest BCUT2D eigenvalue weighted by molar-refractivity contribution is 0.0954. The number of hydrogen-bond acceptors (Lipinski definition) is 3. The fraction of sp³-hybridized carbons (Fsp3) is 0.368. The molecule has 0 aliphatic carbocycles. The molecule has 1 unspecified atom stereocenters. The van der Waals surface area contributed by atoms with Gasteiger partial charge in [0.2, 0.25) is 0 Å². The van der Waals surface area contributed by atoms with E-state index < -0.39 is 0 Å². The minimum atomic E-state index is -0.176. The molecule has 1 heterocycles. The predicted octanol–water partition coefficient (Wildman–Crippen LogP) is 3.49. The predicted molar refractivity (Wildman–Crippen MR) is 111 cm³/mol. The van der Waals surface area contributed by atoms with Crippen LogP contribution in [0.3, 0.4) is 0 Å². The van der Waals surface area contributed by atoms with Crippen LogP contribution in [0.2, 0.25) is 5.02 Å². The maximum Gasteiger partial charge on any atom is 0.252 e. The highest BCUT2D eigenvalue weighted by Gasteiger charge is 2.09. The fourth-order valence-corrected chi connectivity index (χ4v) is 3.33. The lowest BCUT2D eigenvalue weighted by Crippen LogP contribution is -2.41. The van der Waals surface area contributed by atoms with Crippen molar-refractivity contribution in [3.63, 3.8) is 0 Å². The number of nitrogens with zero attached hydrogens (tertiary/aromatic N) is 1. The van der Waals surface area contributed by atoms with Crippen molar-refractivity contribution < 1.29 is 4.79 Å². The van der Waals surface area contributed by atoms with E-state index in [0.717, 1.165) is 12.5 Å². The van der Waals surface area contributed by atoms with Gasteiger partial charge in [0.25, 0.3) is 5.91 Å². The molecule has 0 bridgehead atoms. The first-order valence-electron chi connectivity index (χ1n) is 8.68. The molecule has 0 aliphatic heterocycles. The summed E-state index contributed by atoms with van der Waals surface area (Å²) in [5.74, 6) is 0.948. The van der Waals surface area contributed by atoms with Crippen LogP contribution < -0.4 is 16.0 Å².